The summed E-state index contributed by atoms with van der Waals surface area (Å²) >= 11 is 6.13. The van der Waals surface area contributed by atoms with Crippen LogP contribution in [0.25, 0.3) is 0 Å². The number of sulfonamides is 1. The van der Waals surface area contributed by atoms with Crippen LogP contribution in [0.3, 0.4) is 0 Å². The first kappa shape index (κ1) is 26.0. The number of rotatable bonds is 11. The lowest BCUT2D eigenvalue weighted by Crippen LogP contribution is -2.36. The number of methoxy groups -OCH3 is 1. The fourth-order valence-electron chi connectivity index (χ4n) is 2.82. The number of esters is 1. The topological polar surface area (TPSA) is 102 Å². The Morgan fingerprint density at radius 3 is 2.52 bits per heavy atom. The number of hydrogen-bond acceptors (Lipinski definition) is 6. The number of carbonyl (C=O) groups excluding carboxylic acids is 2. The highest BCUT2D eigenvalue weighted by Crippen LogP contribution is 2.33. The molecule has 1 atom stereocenters. The molecule has 2 aromatic carbocycles. The second-order valence-electron chi connectivity index (χ2n) is 6.72. The Hall–Kier alpha value is -3.30. The summed E-state index contributed by atoms with van der Waals surface area (Å²) in [4.78, 5) is 24.4. The van der Waals surface area contributed by atoms with Crippen molar-refractivity contribution in [3.05, 3.63) is 78.4 Å². The van der Waals surface area contributed by atoms with E-state index in [1.807, 2.05) is 0 Å². The maximum Gasteiger partial charge on any atom is 0.340 e. The molecule has 0 heterocycles. The van der Waals surface area contributed by atoms with Crippen LogP contribution in [0.15, 0.2) is 72.7 Å². The van der Waals surface area contributed by atoms with Crippen molar-refractivity contribution in [2.24, 2.45) is 0 Å². The molecule has 0 aromatic heterocycles. The van der Waals surface area contributed by atoms with E-state index in [4.69, 9.17) is 21.1 Å². The summed E-state index contributed by atoms with van der Waals surface area (Å²) < 4.78 is 38.5. The van der Waals surface area contributed by atoms with Crippen molar-refractivity contribution in [1.29, 1.82) is 0 Å². The molecule has 2 rings (SSSR count). The van der Waals surface area contributed by atoms with Crippen LogP contribution in [0.4, 0.5) is 5.69 Å². The number of anilines is 1. The molecule has 1 amide bonds. The normalized spacial score (nSPS) is 11.7. The standard InChI is InChI=1S/C23H25ClN2O6S/c1-5-13-25-22(27)16(3)32-23(28)18-15-17(11-12-19(18)24)33(29,30)26(14-6-2)20-9-7-8-10-21(20)31-4/h5-12,15-16H,1-2,13-14H2,3-4H3,(H,25,27). The number of ether oxygens (including phenoxy) is 2. The van der Waals surface area contributed by atoms with Gasteiger partial charge in [0.05, 0.1) is 34.8 Å². The van der Waals surface area contributed by atoms with E-state index in [1.165, 1.54) is 38.3 Å². The molecule has 0 saturated heterocycles. The number of benzene rings is 2. The highest BCUT2D eigenvalue weighted by Gasteiger charge is 2.29. The molecular weight excluding hydrogens is 468 g/mol. The van der Waals surface area contributed by atoms with Crippen LogP contribution >= 0.6 is 11.6 Å². The first-order valence-corrected chi connectivity index (χ1v) is 11.6. The van der Waals surface area contributed by atoms with Gasteiger partial charge in [-0.25, -0.2) is 13.2 Å². The van der Waals surface area contributed by atoms with Crippen LogP contribution in [-0.4, -0.2) is 46.6 Å². The molecule has 0 aliphatic carbocycles. The van der Waals surface area contributed by atoms with E-state index in [1.54, 1.807) is 24.3 Å². The maximum atomic E-state index is 13.5. The van der Waals surface area contributed by atoms with Gasteiger partial charge in [-0.1, -0.05) is 35.9 Å². The van der Waals surface area contributed by atoms with E-state index in [2.05, 4.69) is 18.5 Å². The summed E-state index contributed by atoms with van der Waals surface area (Å²) in [6.45, 7) is 8.67. The van der Waals surface area contributed by atoms with E-state index >= 15 is 0 Å². The summed E-state index contributed by atoms with van der Waals surface area (Å²) in [5.74, 6) is -1.13. The van der Waals surface area contributed by atoms with E-state index in [9.17, 15) is 18.0 Å². The second kappa shape index (κ2) is 11.5. The molecule has 0 fully saturated rings. The van der Waals surface area contributed by atoms with Gasteiger partial charge in [0.15, 0.2) is 6.10 Å². The summed E-state index contributed by atoms with van der Waals surface area (Å²) in [7, 11) is -2.72. The van der Waals surface area contributed by atoms with Crippen molar-refractivity contribution in [2.45, 2.75) is 17.9 Å². The molecule has 0 aliphatic rings. The molecule has 0 bridgehead atoms. The van der Waals surface area contributed by atoms with Crippen LogP contribution in [0, 0.1) is 0 Å². The smallest absolute Gasteiger partial charge is 0.340 e. The number of para-hydroxylation sites is 2. The molecule has 10 heteroatoms. The van der Waals surface area contributed by atoms with Gasteiger partial charge < -0.3 is 14.8 Å². The molecule has 176 valence electrons. The predicted octanol–water partition coefficient (Wildman–Crippen LogP) is 3.58. The largest absolute Gasteiger partial charge is 0.495 e. The molecular formula is C23H25ClN2O6S. The van der Waals surface area contributed by atoms with Crippen LogP contribution in [0.2, 0.25) is 5.02 Å². The Morgan fingerprint density at radius 2 is 1.88 bits per heavy atom. The minimum Gasteiger partial charge on any atom is -0.495 e. The number of hydrogen-bond donors (Lipinski definition) is 1. The lowest BCUT2D eigenvalue weighted by Gasteiger charge is -2.25. The van der Waals surface area contributed by atoms with Gasteiger partial charge in [0.1, 0.15) is 5.75 Å². The summed E-state index contributed by atoms with van der Waals surface area (Å²) in [6, 6.07) is 10.3. The van der Waals surface area contributed by atoms with E-state index in [0.29, 0.717) is 11.4 Å². The highest BCUT2D eigenvalue weighted by atomic mass is 35.5. The van der Waals surface area contributed by atoms with E-state index in [0.717, 1.165) is 10.4 Å². The van der Waals surface area contributed by atoms with Gasteiger partial charge in [-0.05, 0) is 37.3 Å². The van der Waals surface area contributed by atoms with Crippen LogP contribution in [0.1, 0.15) is 17.3 Å². The molecule has 0 saturated carbocycles. The number of nitrogens with one attached hydrogen (secondary N) is 1. The molecule has 0 radical (unpaired) electrons. The summed E-state index contributed by atoms with van der Waals surface area (Å²) in [5.41, 5.74) is 0.103. The quantitative estimate of drug-likeness (QED) is 0.380. The van der Waals surface area contributed by atoms with Crippen molar-refractivity contribution in [1.82, 2.24) is 5.32 Å². The number of carbonyl (C=O) groups is 2. The van der Waals surface area contributed by atoms with E-state index < -0.39 is 28.0 Å². The lowest BCUT2D eigenvalue weighted by molar-refractivity contribution is -0.128. The van der Waals surface area contributed by atoms with Gasteiger partial charge in [0.25, 0.3) is 15.9 Å². The first-order valence-electron chi connectivity index (χ1n) is 9.83. The molecule has 2 aromatic rings. The predicted molar refractivity (Wildman–Crippen MR) is 127 cm³/mol. The summed E-state index contributed by atoms with van der Waals surface area (Å²) in [6.07, 6.45) is 1.78. The lowest BCUT2D eigenvalue weighted by atomic mass is 10.2. The molecule has 1 unspecified atom stereocenters. The van der Waals surface area contributed by atoms with Crippen molar-refractivity contribution in [3.63, 3.8) is 0 Å². The Kier molecular flexibility index (Phi) is 9.07. The van der Waals surface area contributed by atoms with Crippen molar-refractivity contribution < 1.29 is 27.5 Å². The zero-order valence-electron chi connectivity index (χ0n) is 18.3. The van der Waals surface area contributed by atoms with Gasteiger partial charge in [-0.3, -0.25) is 9.10 Å². The third kappa shape index (κ3) is 6.15. The van der Waals surface area contributed by atoms with Gasteiger partial charge in [0.2, 0.25) is 0 Å². The minimum absolute atomic E-state index is 0.0230. The SMILES string of the molecule is C=CCNC(=O)C(C)OC(=O)c1cc(S(=O)(=O)N(CC=C)c2ccccc2OC)ccc1Cl. The van der Waals surface area contributed by atoms with Gasteiger partial charge in [0, 0.05) is 6.54 Å². The number of halogens is 1. The third-order valence-electron chi connectivity index (χ3n) is 4.47. The number of nitrogens with zero attached hydrogens (tertiary/aromatic N) is 1. The average Bonchev–Trinajstić information content (AvgIpc) is 2.80. The van der Waals surface area contributed by atoms with Crippen LogP contribution < -0.4 is 14.4 Å². The molecule has 1 N–H and O–H groups in total. The monoisotopic (exact) mass is 492 g/mol. The first-order chi connectivity index (χ1) is 15.7. The van der Waals surface area contributed by atoms with Gasteiger partial charge in [-0.2, -0.15) is 0 Å². The fraction of sp³-hybridized carbons (Fsp3) is 0.217. The molecule has 33 heavy (non-hydrogen) atoms. The van der Waals surface area contributed by atoms with E-state index in [-0.39, 0.29) is 28.6 Å². The van der Waals surface area contributed by atoms with Gasteiger partial charge in [-0.15, -0.1) is 13.2 Å². The van der Waals surface area contributed by atoms with Gasteiger partial charge >= 0.3 is 5.97 Å². The Labute approximate surface area is 198 Å². The highest BCUT2D eigenvalue weighted by molar-refractivity contribution is 7.92. The third-order valence-corrected chi connectivity index (χ3v) is 6.57. The van der Waals surface area contributed by atoms with Crippen molar-refractivity contribution in [3.8, 4) is 5.75 Å². The van der Waals surface area contributed by atoms with Crippen molar-refractivity contribution >= 4 is 39.2 Å². The molecule has 0 spiro atoms. The van der Waals surface area contributed by atoms with Crippen LogP contribution in [0.5, 0.6) is 5.75 Å². The minimum atomic E-state index is -4.15. The number of amides is 1. The van der Waals surface area contributed by atoms with Crippen molar-refractivity contribution in [2.75, 3.05) is 24.5 Å². The second-order valence-corrected chi connectivity index (χ2v) is 8.99. The Bertz CT molecular complexity index is 1150. The summed E-state index contributed by atoms with van der Waals surface area (Å²) in [5, 5.41) is 2.48. The zero-order chi connectivity index (χ0) is 24.6. The Balaban J connectivity index is 2.42. The fourth-order valence-corrected chi connectivity index (χ4v) is 4.49. The van der Waals surface area contributed by atoms with Crippen LogP contribution in [-0.2, 0) is 19.6 Å². The molecule has 8 nitrogen and oxygen atoms in total. The Morgan fingerprint density at radius 1 is 1.18 bits per heavy atom. The average molecular weight is 493 g/mol. The molecule has 0 aliphatic heterocycles. The maximum absolute atomic E-state index is 13.5. The zero-order valence-corrected chi connectivity index (χ0v) is 19.9.